The van der Waals surface area contributed by atoms with Gasteiger partial charge in [-0.05, 0) is 35.3 Å². The summed E-state index contributed by atoms with van der Waals surface area (Å²) in [5.41, 5.74) is 0.692. The van der Waals surface area contributed by atoms with Gasteiger partial charge in [0.25, 0.3) is 5.91 Å². The zero-order valence-electron chi connectivity index (χ0n) is 10.8. The fourth-order valence-electron chi connectivity index (χ4n) is 1.90. The second-order valence-corrected chi connectivity index (χ2v) is 5.16. The van der Waals surface area contributed by atoms with Gasteiger partial charge >= 0.3 is 0 Å². The number of carbonyl (C=O) groups excluding carboxylic acids is 1. The molecule has 2 aromatic rings. The standard InChI is InChI=1S/C13H17BrN4O/c1-2-18-9-11(14)8-12(18)13(19)16-4-3-6-17-7-5-15-10-17/h5,7-10H,2-4,6H2,1H3,(H,16,19). The van der Waals surface area contributed by atoms with Crippen molar-refractivity contribution in [3.05, 3.63) is 41.2 Å². The minimum atomic E-state index is -0.0295. The molecule has 1 amide bonds. The maximum Gasteiger partial charge on any atom is 0.267 e. The number of aromatic nitrogens is 3. The number of amides is 1. The molecule has 0 bridgehead atoms. The van der Waals surface area contributed by atoms with E-state index >= 15 is 0 Å². The molecule has 0 atom stereocenters. The molecule has 0 unspecified atom stereocenters. The Morgan fingerprint density at radius 1 is 1.53 bits per heavy atom. The van der Waals surface area contributed by atoms with Crippen molar-refractivity contribution in [1.82, 2.24) is 19.4 Å². The van der Waals surface area contributed by atoms with Crippen molar-refractivity contribution >= 4 is 21.8 Å². The summed E-state index contributed by atoms with van der Waals surface area (Å²) in [7, 11) is 0. The average Bonchev–Trinajstić information content (AvgIpc) is 3.03. The Balaban J connectivity index is 1.80. The zero-order chi connectivity index (χ0) is 13.7. The molecule has 1 N–H and O–H groups in total. The highest BCUT2D eigenvalue weighted by Gasteiger charge is 2.11. The van der Waals surface area contributed by atoms with Gasteiger partial charge < -0.3 is 14.5 Å². The van der Waals surface area contributed by atoms with Gasteiger partial charge in [-0.3, -0.25) is 4.79 Å². The second-order valence-electron chi connectivity index (χ2n) is 4.24. The Bertz CT molecular complexity index is 533. The van der Waals surface area contributed by atoms with Gasteiger partial charge in [-0.25, -0.2) is 4.98 Å². The van der Waals surface area contributed by atoms with E-state index in [-0.39, 0.29) is 5.91 Å². The van der Waals surface area contributed by atoms with Gasteiger partial charge in [-0.2, -0.15) is 0 Å². The Kier molecular flexibility index (Phi) is 4.79. The fourth-order valence-corrected chi connectivity index (χ4v) is 2.36. The molecule has 0 aromatic carbocycles. The molecule has 0 aliphatic heterocycles. The molecular weight excluding hydrogens is 308 g/mol. The van der Waals surface area contributed by atoms with E-state index in [1.165, 1.54) is 0 Å². The van der Waals surface area contributed by atoms with E-state index in [4.69, 9.17) is 0 Å². The first-order valence-electron chi connectivity index (χ1n) is 6.30. The molecule has 2 aromatic heterocycles. The number of imidazole rings is 1. The molecule has 0 spiro atoms. The number of aryl methyl sites for hydroxylation is 2. The molecule has 102 valence electrons. The third-order valence-electron chi connectivity index (χ3n) is 2.87. The van der Waals surface area contributed by atoms with Gasteiger partial charge in [0.05, 0.1) is 6.33 Å². The normalized spacial score (nSPS) is 10.6. The van der Waals surface area contributed by atoms with E-state index in [2.05, 4.69) is 26.2 Å². The number of carbonyl (C=O) groups is 1. The largest absolute Gasteiger partial charge is 0.351 e. The van der Waals surface area contributed by atoms with Crippen LogP contribution in [0.4, 0.5) is 0 Å². The number of hydrogen-bond donors (Lipinski definition) is 1. The first-order valence-corrected chi connectivity index (χ1v) is 7.09. The van der Waals surface area contributed by atoms with Crippen molar-refractivity contribution in [3.8, 4) is 0 Å². The maximum absolute atomic E-state index is 12.0. The first-order chi connectivity index (χ1) is 9.20. The molecule has 0 saturated carbocycles. The van der Waals surface area contributed by atoms with Crippen LogP contribution in [0.3, 0.4) is 0 Å². The van der Waals surface area contributed by atoms with Gasteiger partial charge in [0.1, 0.15) is 5.69 Å². The Hall–Kier alpha value is -1.56. The summed E-state index contributed by atoms with van der Waals surface area (Å²) in [5, 5.41) is 2.94. The number of nitrogens with zero attached hydrogens (tertiary/aromatic N) is 3. The Morgan fingerprint density at radius 3 is 3.05 bits per heavy atom. The predicted octanol–water partition coefficient (Wildman–Crippen LogP) is 2.29. The third kappa shape index (κ3) is 3.70. The summed E-state index contributed by atoms with van der Waals surface area (Å²) >= 11 is 3.39. The van der Waals surface area contributed by atoms with Crippen molar-refractivity contribution in [2.45, 2.75) is 26.4 Å². The topological polar surface area (TPSA) is 51.9 Å². The van der Waals surface area contributed by atoms with E-state index in [0.717, 1.165) is 24.0 Å². The zero-order valence-corrected chi connectivity index (χ0v) is 12.4. The summed E-state index contributed by atoms with van der Waals surface area (Å²) < 4.78 is 4.85. The monoisotopic (exact) mass is 324 g/mol. The quantitative estimate of drug-likeness (QED) is 0.829. The van der Waals surface area contributed by atoms with Crippen LogP contribution < -0.4 is 5.32 Å². The summed E-state index contributed by atoms with van der Waals surface area (Å²) in [6, 6.07) is 1.84. The lowest BCUT2D eigenvalue weighted by Crippen LogP contribution is -2.27. The van der Waals surface area contributed by atoms with Crippen LogP contribution in [0.5, 0.6) is 0 Å². The van der Waals surface area contributed by atoms with Gasteiger partial charge in [-0.15, -0.1) is 0 Å². The smallest absolute Gasteiger partial charge is 0.267 e. The van der Waals surface area contributed by atoms with E-state index < -0.39 is 0 Å². The average molecular weight is 325 g/mol. The highest BCUT2D eigenvalue weighted by atomic mass is 79.9. The molecule has 0 fully saturated rings. The van der Waals surface area contributed by atoms with Crippen LogP contribution in [-0.4, -0.2) is 26.6 Å². The lowest BCUT2D eigenvalue weighted by atomic mass is 10.3. The van der Waals surface area contributed by atoms with Crippen molar-refractivity contribution < 1.29 is 4.79 Å². The summed E-state index contributed by atoms with van der Waals surface area (Å²) in [6.07, 6.45) is 8.25. The van der Waals surface area contributed by atoms with Crippen molar-refractivity contribution in [3.63, 3.8) is 0 Å². The number of rotatable bonds is 6. The molecule has 5 nitrogen and oxygen atoms in total. The van der Waals surface area contributed by atoms with Crippen LogP contribution in [0.15, 0.2) is 35.5 Å². The molecular formula is C13H17BrN4O. The molecule has 19 heavy (non-hydrogen) atoms. The van der Waals surface area contributed by atoms with Crippen LogP contribution in [0.2, 0.25) is 0 Å². The van der Waals surface area contributed by atoms with E-state index in [1.807, 2.05) is 34.5 Å². The fraction of sp³-hybridized carbons (Fsp3) is 0.385. The van der Waals surface area contributed by atoms with Gasteiger partial charge in [-0.1, -0.05) is 0 Å². The first kappa shape index (κ1) is 13.9. The van der Waals surface area contributed by atoms with E-state index in [9.17, 15) is 4.79 Å². The summed E-state index contributed by atoms with van der Waals surface area (Å²) in [5.74, 6) is -0.0295. The van der Waals surface area contributed by atoms with Crippen LogP contribution in [0.1, 0.15) is 23.8 Å². The highest BCUT2D eigenvalue weighted by Crippen LogP contribution is 2.14. The van der Waals surface area contributed by atoms with Crippen molar-refractivity contribution in [2.24, 2.45) is 0 Å². The molecule has 0 saturated heterocycles. The van der Waals surface area contributed by atoms with Gasteiger partial charge in [0.2, 0.25) is 0 Å². The SMILES string of the molecule is CCn1cc(Br)cc1C(=O)NCCCn1ccnc1. The predicted molar refractivity (Wildman–Crippen MR) is 77.0 cm³/mol. The maximum atomic E-state index is 12.0. The van der Waals surface area contributed by atoms with Gasteiger partial charge in [0.15, 0.2) is 0 Å². The van der Waals surface area contributed by atoms with Crippen LogP contribution in [0.25, 0.3) is 0 Å². The number of hydrogen-bond acceptors (Lipinski definition) is 2. The summed E-state index contributed by atoms with van der Waals surface area (Å²) in [6.45, 7) is 4.31. The minimum Gasteiger partial charge on any atom is -0.351 e. The number of halogens is 1. The summed E-state index contributed by atoms with van der Waals surface area (Å²) in [4.78, 5) is 16.0. The Labute approximate surface area is 120 Å². The van der Waals surface area contributed by atoms with E-state index in [1.54, 1.807) is 12.5 Å². The molecule has 2 heterocycles. The van der Waals surface area contributed by atoms with E-state index in [0.29, 0.717) is 12.2 Å². The molecule has 0 aliphatic carbocycles. The molecule has 6 heteroatoms. The molecule has 2 rings (SSSR count). The van der Waals surface area contributed by atoms with Gasteiger partial charge in [0, 0.05) is 42.7 Å². The second kappa shape index (κ2) is 6.56. The van der Waals surface area contributed by atoms with Crippen LogP contribution in [-0.2, 0) is 13.1 Å². The Morgan fingerprint density at radius 2 is 2.37 bits per heavy atom. The van der Waals surface area contributed by atoms with Crippen molar-refractivity contribution in [2.75, 3.05) is 6.54 Å². The van der Waals surface area contributed by atoms with Crippen LogP contribution >= 0.6 is 15.9 Å². The van der Waals surface area contributed by atoms with Crippen molar-refractivity contribution in [1.29, 1.82) is 0 Å². The van der Waals surface area contributed by atoms with Crippen LogP contribution in [0, 0.1) is 0 Å². The lowest BCUT2D eigenvalue weighted by molar-refractivity contribution is 0.0943. The molecule has 0 radical (unpaired) electrons. The molecule has 0 aliphatic rings. The third-order valence-corrected chi connectivity index (χ3v) is 3.31. The minimum absolute atomic E-state index is 0.0295. The number of nitrogens with one attached hydrogen (secondary N) is 1. The lowest BCUT2D eigenvalue weighted by Gasteiger charge is -2.07. The highest BCUT2D eigenvalue weighted by molar-refractivity contribution is 9.10.